The molecule has 0 spiro atoms. The van der Waals surface area contributed by atoms with Gasteiger partial charge in [0.05, 0.1) is 17.4 Å². The molecule has 192 valence electrons. The average molecular weight is 543 g/mol. The Labute approximate surface area is 209 Å². The van der Waals surface area contributed by atoms with Gasteiger partial charge in [0.25, 0.3) is 10.0 Å². The highest BCUT2D eigenvalue weighted by Gasteiger charge is 2.46. The van der Waals surface area contributed by atoms with Crippen molar-refractivity contribution in [3.63, 3.8) is 0 Å². The fourth-order valence-electron chi connectivity index (χ4n) is 4.92. The van der Waals surface area contributed by atoms with E-state index in [1.807, 2.05) is 4.90 Å². The van der Waals surface area contributed by atoms with E-state index in [4.69, 9.17) is 4.74 Å². The van der Waals surface area contributed by atoms with Crippen LogP contribution in [-0.2, 0) is 10.0 Å². The molecule has 2 aliphatic rings. The van der Waals surface area contributed by atoms with Crippen molar-refractivity contribution in [3.05, 3.63) is 65.7 Å². The molecule has 2 aliphatic heterocycles. The van der Waals surface area contributed by atoms with Crippen molar-refractivity contribution < 1.29 is 30.7 Å². The van der Waals surface area contributed by atoms with E-state index in [2.05, 4.69) is 14.1 Å². The second-order valence-electron chi connectivity index (χ2n) is 8.77. The molecule has 3 aromatic rings. The average Bonchev–Trinajstić information content (AvgIpc) is 3.35. The molecule has 2 aromatic carbocycles. The maximum absolute atomic E-state index is 13.6. The van der Waals surface area contributed by atoms with Gasteiger partial charge in [0.2, 0.25) is 5.13 Å². The molecule has 0 radical (unpaired) electrons. The summed E-state index contributed by atoms with van der Waals surface area (Å²) in [6.45, 7) is 0.468. The number of halogens is 4. The van der Waals surface area contributed by atoms with E-state index in [0.717, 1.165) is 11.5 Å². The minimum Gasteiger partial charge on any atom is -0.493 e. The Morgan fingerprint density at radius 1 is 1.08 bits per heavy atom. The zero-order valence-corrected chi connectivity index (χ0v) is 20.4. The van der Waals surface area contributed by atoms with Crippen LogP contribution in [0.15, 0.2) is 53.7 Å². The van der Waals surface area contributed by atoms with Gasteiger partial charge in [-0.3, -0.25) is 9.62 Å². The Bertz CT molecular complexity index is 1320. The maximum Gasteiger partial charge on any atom is 0.391 e. The second-order valence-corrected chi connectivity index (χ2v) is 11.2. The summed E-state index contributed by atoms with van der Waals surface area (Å²) >= 11 is 0.900. The van der Waals surface area contributed by atoms with Crippen LogP contribution in [-0.4, -0.2) is 42.0 Å². The lowest BCUT2D eigenvalue weighted by Crippen LogP contribution is -2.44. The predicted octanol–water partition coefficient (Wildman–Crippen LogP) is 5.32. The highest BCUT2D eigenvalue weighted by molar-refractivity contribution is 7.93. The normalized spacial score (nSPS) is 23.1. The molecular weight excluding hydrogens is 520 g/mol. The standard InChI is InChI=1S/C23H22F4N4O3S2/c24-16-3-1-14(2-4-16)20-11-15(23(25,26)27)7-9-31(20)19-8-10-34-21-12-17(5-6-18(19)21)36(32,33)30-22-28-13-29-35-22/h1-6,12-13,15,19-20H,7-11H2,(H,28,29,30)/t15-,19+,20+/m1/s1. The van der Waals surface area contributed by atoms with Crippen molar-refractivity contribution >= 4 is 26.7 Å². The number of piperidine rings is 1. The Kier molecular flexibility index (Phi) is 6.64. The van der Waals surface area contributed by atoms with Crippen LogP contribution in [0.25, 0.3) is 0 Å². The number of anilines is 1. The van der Waals surface area contributed by atoms with Gasteiger partial charge in [-0.05, 0) is 43.1 Å². The maximum atomic E-state index is 13.6. The Morgan fingerprint density at radius 2 is 1.86 bits per heavy atom. The topological polar surface area (TPSA) is 84.4 Å². The van der Waals surface area contributed by atoms with Crippen molar-refractivity contribution in [2.75, 3.05) is 17.9 Å². The summed E-state index contributed by atoms with van der Waals surface area (Å²) in [5, 5.41) is 0.126. The van der Waals surface area contributed by atoms with Gasteiger partial charge < -0.3 is 4.74 Å². The second kappa shape index (κ2) is 9.60. The first kappa shape index (κ1) is 24.9. The van der Waals surface area contributed by atoms with Crippen molar-refractivity contribution in [1.29, 1.82) is 0 Å². The first-order chi connectivity index (χ1) is 17.1. The van der Waals surface area contributed by atoms with E-state index in [-0.39, 0.29) is 42.1 Å². The third-order valence-electron chi connectivity index (χ3n) is 6.65. The number of likely N-dealkylation sites (tertiary alicyclic amines) is 1. The smallest absolute Gasteiger partial charge is 0.391 e. The zero-order chi connectivity index (χ0) is 25.5. The van der Waals surface area contributed by atoms with Crippen molar-refractivity contribution in [2.45, 2.75) is 42.4 Å². The predicted molar refractivity (Wildman–Crippen MR) is 125 cm³/mol. The minimum absolute atomic E-state index is 0.0250. The number of alkyl halides is 3. The molecule has 7 nitrogen and oxygen atoms in total. The number of nitrogens with one attached hydrogen (secondary N) is 1. The summed E-state index contributed by atoms with van der Waals surface area (Å²) in [6, 6.07) is 9.21. The van der Waals surface area contributed by atoms with Crippen molar-refractivity contribution in [1.82, 2.24) is 14.3 Å². The molecule has 36 heavy (non-hydrogen) atoms. The van der Waals surface area contributed by atoms with Gasteiger partial charge in [0.1, 0.15) is 17.9 Å². The number of hydrogen-bond donors (Lipinski definition) is 1. The summed E-state index contributed by atoms with van der Waals surface area (Å²) in [7, 11) is -3.94. The summed E-state index contributed by atoms with van der Waals surface area (Å²) in [5.74, 6) is -1.55. The summed E-state index contributed by atoms with van der Waals surface area (Å²) in [6.07, 6.45) is -2.74. The summed E-state index contributed by atoms with van der Waals surface area (Å²) in [4.78, 5) is 5.81. The summed E-state index contributed by atoms with van der Waals surface area (Å²) in [5.41, 5.74) is 1.31. The number of rotatable bonds is 5. The monoisotopic (exact) mass is 542 g/mol. The minimum atomic E-state index is -4.32. The van der Waals surface area contributed by atoms with Gasteiger partial charge in [-0.15, -0.1) is 0 Å². The Hall–Kier alpha value is -2.77. The lowest BCUT2D eigenvalue weighted by Gasteiger charge is -2.46. The van der Waals surface area contributed by atoms with Crippen LogP contribution in [0.1, 0.15) is 42.5 Å². The summed E-state index contributed by atoms with van der Waals surface area (Å²) < 4.78 is 91.9. The SMILES string of the molecule is O=S(=O)(Nc1ncns1)c1ccc2c(c1)OCC[C@@H]2N1CC[C@@H](C(F)(F)F)C[C@H]1c1ccc(F)cc1. The van der Waals surface area contributed by atoms with E-state index >= 15 is 0 Å². The molecule has 3 heterocycles. The van der Waals surface area contributed by atoms with Gasteiger partial charge in [-0.2, -0.15) is 17.5 Å². The molecule has 3 atom stereocenters. The Balaban J connectivity index is 1.46. The molecule has 0 saturated carbocycles. The highest BCUT2D eigenvalue weighted by atomic mass is 32.2. The number of benzene rings is 2. The molecule has 13 heteroatoms. The van der Waals surface area contributed by atoms with Crippen LogP contribution in [0.4, 0.5) is 22.7 Å². The first-order valence-electron chi connectivity index (χ1n) is 11.3. The largest absolute Gasteiger partial charge is 0.493 e. The number of ether oxygens (including phenoxy) is 1. The van der Waals surface area contributed by atoms with Crippen LogP contribution >= 0.6 is 11.5 Å². The van der Waals surface area contributed by atoms with Crippen LogP contribution in [0, 0.1) is 11.7 Å². The van der Waals surface area contributed by atoms with Gasteiger partial charge in [0.15, 0.2) is 0 Å². The van der Waals surface area contributed by atoms with Crippen LogP contribution in [0.3, 0.4) is 0 Å². The lowest BCUT2D eigenvalue weighted by molar-refractivity contribution is -0.192. The van der Waals surface area contributed by atoms with Gasteiger partial charge in [0, 0.05) is 41.7 Å². The number of hydrogen-bond acceptors (Lipinski definition) is 7. The molecular formula is C23H22F4N4O3S2. The molecule has 1 aromatic heterocycles. The van der Waals surface area contributed by atoms with Crippen LogP contribution < -0.4 is 9.46 Å². The van der Waals surface area contributed by atoms with E-state index in [1.54, 1.807) is 6.07 Å². The van der Waals surface area contributed by atoms with Gasteiger partial charge in [-0.1, -0.05) is 18.2 Å². The Morgan fingerprint density at radius 3 is 2.56 bits per heavy atom. The number of sulfonamides is 1. The molecule has 0 bridgehead atoms. The van der Waals surface area contributed by atoms with E-state index in [0.29, 0.717) is 23.3 Å². The fraction of sp³-hybridized carbons (Fsp3) is 0.391. The third kappa shape index (κ3) is 5.04. The van der Waals surface area contributed by atoms with Crippen molar-refractivity contribution in [3.8, 4) is 5.75 Å². The number of nitrogens with zero attached hydrogens (tertiary/aromatic N) is 3. The lowest BCUT2D eigenvalue weighted by atomic mass is 9.84. The van der Waals surface area contributed by atoms with Gasteiger partial charge in [-0.25, -0.2) is 17.8 Å². The molecule has 1 N–H and O–H groups in total. The fourth-order valence-corrected chi connectivity index (χ4v) is 6.60. The first-order valence-corrected chi connectivity index (χ1v) is 13.5. The number of aromatic nitrogens is 2. The molecule has 5 rings (SSSR count). The number of fused-ring (bicyclic) bond motifs is 1. The quantitative estimate of drug-likeness (QED) is 0.440. The van der Waals surface area contributed by atoms with E-state index < -0.39 is 34.0 Å². The molecule has 0 unspecified atom stereocenters. The third-order valence-corrected chi connectivity index (χ3v) is 8.69. The van der Waals surface area contributed by atoms with Gasteiger partial charge >= 0.3 is 6.18 Å². The molecule has 1 saturated heterocycles. The van der Waals surface area contributed by atoms with Crippen molar-refractivity contribution in [2.24, 2.45) is 5.92 Å². The van der Waals surface area contributed by atoms with E-state index in [1.165, 1.54) is 42.7 Å². The molecule has 1 fully saturated rings. The highest BCUT2D eigenvalue weighted by Crippen LogP contribution is 2.48. The van der Waals surface area contributed by atoms with Crippen LogP contribution in [0.5, 0.6) is 5.75 Å². The molecule has 0 amide bonds. The molecule has 0 aliphatic carbocycles. The van der Waals surface area contributed by atoms with Crippen LogP contribution in [0.2, 0.25) is 0 Å². The zero-order valence-electron chi connectivity index (χ0n) is 18.8. The van der Waals surface area contributed by atoms with E-state index in [9.17, 15) is 26.0 Å².